The number of nitrogens with zero attached hydrogens (tertiary/aromatic N) is 1. The van der Waals surface area contributed by atoms with Crippen LogP contribution in [0.4, 0.5) is 0 Å². The Morgan fingerprint density at radius 1 is 0.722 bits per heavy atom. The summed E-state index contributed by atoms with van der Waals surface area (Å²) < 4.78 is 7.73. The van der Waals surface area contributed by atoms with Crippen molar-refractivity contribution in [1.29, 1.82) is 0 Å². The molecular formula is C32H28N2O2. The highest BCUT2D eigenvalue weighted by atomic mass is 16.3. The van der Waals surface area contributed by atoms with E-state index in [0.29, 0.717) is 19.6 Å². The molecule has 2 heterocycles. The Kier molecular flexibility index (Phi) is 6.12. The van der Waals surface area contributed by atoms with Crippen LogP contribution in [0.25, 0.3) is 44.1 Å². The van der Waals surface area contributed by atoms with Crippen LogP contribution in [-0.2, 0) is 13.1 Å². The zero-order chi connectivity index (χ0) is 24.3. The Balaban J connectivity index is 1.53. The predicted molar refractivity (Wildman–Crippen MR) is 147 cm³/mol. The van der Waals surface area contributed by atoms with E-state index in [1.54, 1.807) is 6.26 Å². The first-order valence-electron chi connectivity index (χ1n) is 12.4. The second-order valence-electron chi connectivity index (χ2n) is 9.11. The molecule has 4 heteroatoms. The van der Waals surface area contributed by atoms with E-state index in [1.165, 1.54) is 27.3 Å². The third kappa shape index (κ3) is 4.22. The molecule has 0 spiro atoms. The molecule has 2 N–H and O–H groups in total. The van der Waals surface area contributed by atoms with Gasteiger partial charge in [-0.2, -0.15) is 0 Å². The van der Waals surface area contributed by atoms with Crippen LogP contribution >= 0.6 is 0 Å². The third-order valence-electron chi connectivity index (χ3n) is 6.71. The number of benzene rings is 4. The molecule has 0 amide bonds. The van der Waals surface area contributed by atoms with Crippen molar-refractivity contribution in [2.24, 2.45) is 0 Å². The van der Waals surface area contributed by atoms with Gasteiger partial charge in [-0.1, -0.05) is 97.1 Å². The Morgan fingerprint density at radius 3 is 2.19 bits per heavy atom. The summed E-state index contributed by atoms with van der Waals surface area (Å²) in [5.41, 5.74) is 5.76. The fourth-order valence-electron chi connectivity index (χ4n) is 5.15. The van der Waals surface area contributed by atoms with Gasteiger partial charge in [0.05, 0.1) is 36.7 Å². The fraction of sp³-hybridized carbons (Fsp3) is 0.125. The van der Waals surface area contributed by atoms with Gasteiger partial charge in [0.2, 0.25) is 0 Å². The topological polar surface area (TPSA) is 50.3 Å². The first-order valence-corrected chi connectivity index (χ1v) is 12.4. The molecule has 0 radical (unpaired) electrons. The number of aromatic nitrogens is 1. The van der Waals surface area contributed by atoms with E-state index < -0.39 is 6.10 Å². The molecule has 0 unspecified atom stereocenters. The van der Waals surface area contributed by atoms with E-state index in [0.717, 1.165) is 22.5 Å². The third-order valence-corrected chi connectivity index (χ3v) is 6.71. The van der Waals surface area contributed by atoms with Gasteiger partial charge in [-0.25, -0.2) is 0 Å². The Bertz CT molecular complexity index is 1590. The second-order valence-corrected chi connectivity index (χ2v) is 9.11. The highest BCUT2D eigenvalue weighted by Gasteiger charge is 2.23. The molecule has 2 aromatic heterocycles. The summed E-state index contributed by atoms with van der Waals surface area (Å²) >= 11 is 0. The van der Waals surface area contributed by atoms with Gasteiger partial charge in [0.15, 0.2) is 0 Å². The average Bonchev–Trinajstić information content (AvgIpc) is 3.56. The zero-order valence-electron chi connectivity index (χ0n) is 20.0. The lowest BCUT2D eigenvalue weighted by molar-refractivity contribution is 0.152. The van der Waals surface area contributed by atoms with Crippen molar-refractivity contribution in [3.63, 3.8) is 0 Å². The van der Waals surface area contributed by atoms with Crippen LogP contribution in [0.15, 0.2) is 120 Å². The van der Waals surface area contributed by atoms with E-state index in [9.17, 15) is 5.11 Å². The van der Waals surface area contributed by atoms with Crippen LogP contribution in [0, 0.1) is 0 Å². The number of nitrogens with one attached hydrogen (secondary N) is 1. The molecule has 0 aliphatic heterocycles. The molecule has 0 bridgehead atoms. The smallest absolute Gasteiger partial charge is 0.117 e. The van der Waals surface area contributed by atoms with E-state index in [4.69, 9.17) is 4.42 Å². The highest BCUT2D eigenvalue weighted by Crippen LogP contribution is 2.43. The minimum absolute atomic E-state index is 0.458. The maximum absolute atomic E-state index is 11.2. The number of hydrogen-bond donors (Lipinski definition) is 2. The number of fused-ring (bicyclic) bond motifs is 3. The second kappa shape index (κ2) is 9.86. The van der Waals surface area contributed by atoms with Gasteiger partial charge in [0.25, 0.3) is 0 Å². The van der Waals surface area contributed by atoms with Crippen LogP contribution in [0.5, 0.6) is 0 Å². The Labute approximate surface area is 210 Å². The maximum Gasteiger partial charge on any atom is 0.117 e. The van der Waals surface area contributed by atoms with Crippen molar-refractivity contribution in [3.8, 4) is 22.4 Å². The fourth-order valence-corrected chi connectivity index (χ4v) is 5.15. The van der Waals surface area contributed by atoms with Gasteiger partial charge in [0, 0.05) is 22.9 Å². The lowest BCUT2D eigenvalue weighted by atomic mass is 9.97. The maximum atomic E-state index is 11.2. The zero-order valence-corrected chi connectivity index (χ0v) is 20.0. The molecule has 0 saturated heterocycles. The molecule has 0 fully saturated rings. The number of hydrogen-bond acceptors (Lipinski definition) is 3. The van der Waals surface area contributed by atoms with Crippen LogP contribution in [-0.4, -0.2) is 22.3 Å². The number of aliphatic hydroxyl groups is 1. The van der Waals surface area contributed by atoms with Gasteiger partial charge in [-0.3, -0.25) is 0 Å². The number of furan rings is 1. The van der Waals surface area contributed by atoms with Crippen molar-refractivity contribution in [2.75, 3.05) is 6.54 Å². The molecule has 0 aliphatic rings. The normalized spacial score (nSPS) is 12.4. The van der Waals surface area contributed by atoms with Crippen molar-refractivity contribution >= 4 is 21.7 Å². The summed E-state index contributed by atoms with van der Waals surface area (Å²) in [5.74, 6) is 0.857. The first kappa shape index (κ1) is 22.4. The largest absolute Gasteiger partial charge is 0.468 e. The van der Waals surface area contributed by atoms with E-state index in [1.807, 2.05) is 18.2 Å². The Morgan fingerprint density at radius 2 is 1.44 bits per heavy atom. The van der Waals surface area contributed by atoms with Gasteiger partial charge >= 0.3 is 0 Å². The molecule has 0 saturated carbocycles. The minimum Gasteiger partial charge on any atom is -0.468 e. The lowest BCUT2D eigenvalue weighted by Crippen LogP contribution is -2.30. The van der Waals surface area contributed by atoms with Gasteiger partial charge < -0.3 is 19.4 Å². The molecule has 6 aromatic rings. The van der Waals surface area contributed by atoms with Crippen LogP contribution in [0.3, 0.4) is 0 Å². The molecule has 6 rings (SSSR count). The van der Waals surface area contributed by atoms with Crippen molar-refractivity contribution in [1.82, 2.24) is 9.88 Å². The van der Waals surface area contributed by atoms with E-state index >= 15 is 0 Å². The van der Waals surface area contributed by atoms with Crippen LogP contribution < -0.4 is 5.32 Å². The SMILES string of the molecule is O[C@@H](CNCc1ccco1)Cn1c(-c2ccccc2)c(-c2ccccc2)c2ccc3ccccc3c21. The van der Waals surface area contributed by atoms with Gasteiger partial charge in [0.1, 0.15) is 5.76 Å². The molecule has 4 nitrogen and oxygen atoms in total. The summed E-state index contributed by atoms with van der Waals surface area (Å²) in [5, 5.41) is 18.1. The van der Waals surface area contributed by atoms with E-state index in [2.05, 4.69) is 101 Å². The van der Waals surface area contributed by atoms with Gasteiger partial charge in [-0.05, 0) is 28.6 Å². The molecule has 4 aromatic carbocycles. The molecule has 178 valence electrons. The average molecular weight is 473 g/mol. The van der Waals surface area contributed by atoms with E-state index in [-0.39, 0.29) is 0 Å². The standard InChI is InChI=1S/C32H28N2O2/c35-26(20-33-21-27-15-9-19-36-27)22-34-31(25-13-5-2-6-14-25)30(24-11-3-1-4-12-24)29-18-17-23-10-7-8-16-28(23)32(29)34/h1-19,26,33,35H,20-22H2/t26-/m0/s1. The van der Waals surface area contributed by atoms with Crippen molar-refractivity contribution in [2.45, 2.75) is 19.2 Å². The summed E-state index contributed by atoms with van der Waals surface area (Å²) in [4.78, 5) is 0. The quantitative estimate of drug-likeness (QED) is 0.254. The molecule has 1 atom stereocenters. The lowest BCUT2D eigenvalue weighted by Gasteiger charge is -2.18. The minimum atomic E-state index is -0.583. The molecule has 36 heavy (non-hydrogen) atoms. The predicted octanol–water partition coefficient (Wildman–Crippen LogP) is 6.87. The van der Waals surface area contributed by atoms with Crippen LogP contribution in [0.1, 0.15) is 5.76 Å². The molecule has 0 aliphatic carbocycles. The van der Waals surface area contributed by atoms with Gasteiger partial charge in [-0.15, -0.1) is 0 Å². The number of aliphatic hydroxyl groups excluding tert-OH is 1. The summed E-state index contributed by atoms with van der Waals surface area (Å²) in [6.07, 6.45) is 1.09. The molecular weight excluding hydrogens is 444 g/mol. The monoisotopic (exact) mass is 472 g/mol. The number of rotatable bonds is 8. The summed E-state index contributed by atoms with van der Waals surface area (Å²) in [6, 6.07) is 37.8. The summed E-state index contributed by atoms with van der Waals surface area (Å²) in [7, 11) is 0. The first-order chi connectivity index (χ1) is 17.8. The van der Waals surface area contributed by atoms with Crippen LogP contribution in [0.2, 0.25) is 0 Å². The highest BCUT2D eigenvalue weighted by molar-refractivity contribution is 6.15. The van der Waals surface area contributed by atoms with Crippen molar-refractivity contribution < 1.29 is 9.52 Å². The van der Waals surface area contributed by atoms with Crippen molar-refractivity contribution in [3.05, 3.63) is 121 Å². The summed E-state index contributed by atoms with van der Waals surface area (Å²) in [6.45, 7) is 1.51. The Hall–Kier alpha value is -4.12.